The lowest BCUT2D eigenvalue weighted by Crippen LogP contribution is -2.26. The third kappa shape index (κ3) is 3.25. The summed E-state index contributed by atoms with van der Waals surface area (Å²) in [7, 11) is 0. The van der Waals surface area contributed by atoms with Gasteiger partial charge in [-0.15, -0.1) is 0 Å². The predicted molar refractivity (Wildman–Crippen MR) is 80.0 cm³/mol. The Morgan fingerprint density at radius 3 is 1.45 bits per heavy atom. The second-order valence-electron chi connectivity index (χ2n) is 4.76. The van der Waals surface area contributed by atoms with Crippen LogP contribution >= 0.6 is 0 Å². The van der Waals surface area contributed by atoms with E-state index in [-0.39, 0.29) is 11.4 Å². The molecule has 2 aromatic rings. The van der Waals surface area contributed by atoms with Crippen LogP contribution in [-0.2, 0) is 0 Å². The molecule has 0 aliphatic rings. The number of nitro groups is 2. The molecule has 114 valence electrons. The van der Waals surface area contributed by atoms with E-state index >= 15 is 0 Å². The summed E-state index contributed by atoms with van der Waals surface area (Å²) in [6, 6.07) is 10.3. The molecule has 0 bridgehead atoms. The summed E-state index contributed by atoms with van der Waals surface area (Å²) in [5.41, 5.74) is 12.9. The molecule has 0 saturated carbocycles. The molecular formula is C14H14N4O4. The van der Waals surface area contributed by atoms with E-state index in [9.17, 15) is 20.2 Å². The van der Waals surface area contributed by atoms with Crippen LogP contribution in [0.5, 0.6) is 0 Å². The third-order valence-electron chi connectivity index (χ3n) is 3.32. The Morgan fingerprint density at radius 1 is 0.773 bits per heavy atom. The molecule has 22 heavy (non-hydrogen) atoms. The minimum Gasteiger partial charge on any atom is -0.322 e. The van der Waals surface area contributed by atoms with Gasteiger partial charge < -0.3 is 11.5 Å². The molecule has 0 saturated heterocycles. The van der Waals surface area contributed by atoms with Crippen LogP contribution in [0.15, 0.2) is 48.5 Å². The number of nitrogens with two attached hydrogens (primary N) is 2. The van der Waals surface area contributed by atoms with Gasteiger partial charge in [-0.05, 0) is 11.1 Å². The van der Waals surface area contributed by atoms with Gasteiger partial charge in [-0.3, -0.25) is 20.2 Å². The average molecular weight is 302 g/mol. The van der Waals surface area contributed by atoms with E-state index in [1.165, 1.54) is 36.4 Å². The lowest BCUT2D eigenvalue weighted by atomic mass is 9.94. The van der Waals surface area contributed by atoms with Crippen molar-refractivity contribution in [2.75, 3.05) is 0 Å². The fourth-order valence-electron chi connectivity index (χ4n) is 2.11. The lowest BCUT2D eigenvalue weighted by Gasteiger charge is -2.20. The van der Waals surface area contributed by atoms with Crippen LogP contribution in [0.4, 0.5) is 11.4 Å². The fraction of sp³-hybridized carbons (Fsp3) is 0.143. The molecule has 0 aliphatic heterocycles. The van der Waals surface area contributed by atoms with Crippen LogP contribution in [-0.4, -0.2) is 9.85 Å². The van der Waals surface area contributed by atoms with Crippen molar-refractivity contribution in [3.8, 4) is 0 Å². The molecule has 0 spiro atoms. The van der Waals surface area contributed by atoms with Crippen molar-refractivity contribution >= 4 is 11.4 Å². The second kappa shape index (κ2) is 6.29. The standard InChI is InChI=1S/C14H14N4O4/c15-13(9-3-1-5-11(7-9)17(19)20)14(16)10-4-2-6-12(8-10)18(21)22/h1-8,13-14H,15-16H2. The van der Waals surface area contributed by atoms with Gasteiger partial charge >= 0.3 is 0 Å². The molecule has 2 unspecified atom stereocenters. The van der Waals surface area contributed by atoms with Crippen LogP contribution in [0.2, 0.25) is 0 Å². The van der Waals surface area contributed by atoms with E-state index in [0.29, 0.717) is 11.1 Å². The Hall–Kier alpha value is -2.84. The first-order valence-electron chi connectivity index (χ1n) is 6.40. The van der Waals surface area contributed by atoms with Crippen LogP contribution in [0.1, 0.15) is 23.2 Å². The molecular weight excluding hydrogens is 288 g/mol. The molecule has 8 heteroatoms. The van der Waals surface area contributed by atoms with Gasteiger partial charge in [-0.1, -0.05) is 24.3 Å². The predicted octanol–water partition coefficient (Wildman–Crippen LogP) is 2.20. The van der Waals surface area contributed by atoms with Crippen molar-refractivity contribution in [1.29, 1.82) is 0 Å². The smallest absolute Gasteiger partial charge is 0.269 e. The van der Waals surface area contributed by atoms with Crippen molar-refractivity contribution in [3.63, 3.8) is 0 Å². The molecule has 0 aliphatic carbocycles. The summed E-state index contributed by atoms with van der Waals surface area (Å²) < 4.78 is 0. The van der Waals surface area contributed by atoms with Gasteiger partial charge in [-0.2, -0.15) is 0 Å². The van der Waals surface area contributed by atoms with E-state index in [1.54, 1.807) is 12.1 Å². The minimum absolute atomic E-state index is 0.0841. The Kier molecular flexibility index (Phi) is 4.44. The first kappa shape index (κ1) is 15.5. The van der Waals surface area contributed by atoms with Gasteiger partial charge in [0.1, 0.15) is 0 Å². The first-order valence-corrected chi connectivity index (χ1v) is 6.40. The highest BCUT2D eigenvalue weighted by Crippen LogP contribution is 2.28. The minimum atomic E-state index is -0.720. The summed E-state index contributed by atoms with van der Waals surface area (Å²) in [6.45, 7) is 0. The lowest BCUT2D eigenvalue weighted by molar-refractivity contribution is -0.385. The Bertz CT molecular complexity index is 658. The van der Waals surface area contributed by atoms with Crippen LogP contribution in [0, 0.1) is 20.2 Å². The summed E-state index contributed by atoms with van der Waals surface area (Å²) in [5, 5.41) is 21.6. The zero-order valence-electron chi connectivity index (χ0n) is 11.5. The Balaban J connectivity index is 2.30. The molecule has 0 fully saturated rings. The molecule has 0 heterocycles. The number of nitro benzene ring substituents is 2. The summed E-state index contributed by atoms with van der Waals surface area (Å²) >= 11 is 0. The maximum atomic E-state index is 10.8. The normalized spacial score (nSPS) is 13.4. The molecule has 0 amide bonds. The molecule has 8 nitrogen and oxygen atoms in total. The molecule has 0 radical (unpaired) electrons. The second-order valence-corrected chi connectivity index (χ2v) is 4.76. The highest BCUT2D eigenvalue weighted by Gasteiger charge is 2.21. The van der Waals surface area contributed by atoms with Gasteiger partial charge in [0, 0.05) is 36.3 Å². The molecule has 2 aromatic carbocycles. The van der Waals surface area contributed by atoms with E-state index in [4.69, 9.17) is 11.5 Å². The van der Waals surface area contributed by atoms with E-state index in [0.717, 1.165) is 0 Å². The van der Waals surface area contributed by atoms with Crippen LogP contribution < -0.4 is 11.5 Å². The zero-order valence-corrected chi connectivity index (χ0v) is 11.5. The Morgan fingerprint density at radius 2 is 1.14 bits per heavy atom. The maximum absolute atomic E-state index is 10.8. The quantitative estimate of drug-likeness (QED) is 0.641. The topological polar surface area (TPSA) is 138 Å². The number of rotatable bonds is 5. The highest BCUT2D eigenvalue weighted by atomic mass is 16.6. The van der Waals surface area contributed by atoms with Crippen LogP contribution in [0.3, 0.4) is 0 Å². The average Bonchev–Trinajstić information content (AvgIpc) is 2.53. The third-order valence-corrected chi connectivity index (χ3v) is 3.32. The number of hydrogen-bond donors (Lipinski definition) is 2. The van der Waals surface area contributed by atoms with Crippen molar-refractivity contribution in [2.24, 2.45) is 11.5 Å². The molecule has 2 atom stereocenters. The number of non-ortho nitro benzene ring substituents is 2. The van der Waals surface area contributed by atoms with Crippen molar-refractivity contribution in [3.05, 3.63) is 79.9 Å². The highest BCUT2D eigenvalue weighted by molar-refractivity contribution is 5.40. The number of benzene rings is 2. The fourth-order valence-corrected chi connectivity index (χ4v) is 2.11. The Labute approximate surface area is 125 Å². The number of hydrogen-bond acceptors (Lipinski definition) is 6. The molecule has 4 N–H and O–H groups in total. The first-order chi connectivity index (χ1) is 10.4. The van der Waals surface area contributed by atoms with Gasteiger partial charge in [0.15, 0.2) is 0 Å². The van der Waals surface area contributed by atoms with E-state index in [2.05, 4.69) is 0 Å². The molecule has 2 rings (SSSR count). The van der Waals surface area contributed by atoms with Crippen molar-refractivity contribution < 1.29 is 9.85 Å². The van der Waals surface area contributed by atoms with Gasteiger partial charge in [0.25, 0.3) is 11.4 Å². The summed E-state index contributed by atoms with van der Waals surface area (Å²) in [5.74, 6) is 0. The zero-order chi connectivity index (χ0) is 16.3. The monoisotopic (exact) mass is 302 g/mol. The van der Waals surface area contributed by atoms with E-state index < -0.39 is 21.9 Å². The summed E-state index contributed by atoms with van der Waals surface area (Å²) in [6.07, 6.45) is 0. The van der Waals surface area contributed by atoms with Crippen LogP contribution in [0.25, 0.3) is 0 Å². The SMILES string of the molecule is NC(c1cccc([N+](=O)[O-])c1)C(N)c1cccc([N+](=O)[O-])c1. The van der Waals surface area contributed by atoms with Gasteiger partial charge in [0.05, 0.1) is 9.85 Å². The maximum Gasteiger partial charge on any atom is 0.269 e. The number of nitrogens with zero attached hydrogens (tertiary/aromatic N) is 2. The largest absolute Gasteiger partial charge is 0.322 e. The van der Waals surface area contributed by atoms with Gasteiger partial charge in [0.2, 0.25) is 0 Å². The summed E-state index contributed by atoms with van der Waals surface area (Å²) in [4.78, 5) is 20.5. The van der Waals surface area contributed by atoms with Gasteiger partial charge in [-0.25, -0.2) is 0 Å². The van der Waals surface area contributed by atoms with Crippen molar-refractivity contribution in [1.82, 2.24) is 0 Å². The van der Waals surface area contributed by atoms with E-state index in [1.807, 2.05) is 0 Å². The van der Waals surface area contributed by atoms with Crippen molar-refractivity contribution in [2.45, 2.75) is 12.1 Å². The molecule has 0 aromatic heterocycles.